The van der Waals surface area contributed by atoms with Crippen LogP contribution >= 0.6 is 0 Å². The van der Waals surface area contributed by atoms with Crippen LogP contribution in [0.2, 0.25) is 0 Å². The van der Waals surface area contributed by atoms with E-state index in [4.69, 9.17) is 14.5 Å². The van der Waals surface area contributed by atoms with Gasteiger partial charge in [0, 0.05) is 36.3 Å². The topological polar surface area (TPSA) is 67.5 Å². The van der Waals surface area contributed by atoms with Crippen LogP contribution in [-0.2, 0) is 19.5 Å². The van der Waals surface area contributed by atoms with Crippen molar-refractivity contribution >= 4 is 0 Å². The van der Waals surface area contributed by atoms with Gasteiger partial charge < -0.3 is 14.5 Å². The van der Waals surface area contributed by atoms with Crippen LogP contribution in [0.1, 0.15) is 16.8 Å². The fraction of sp³-hybridized carbons (Fsp3) is 0.238. The minimum absolute atomic E-state index is 0.0316. The monoisotopic (exact) mass is 361 g/mol. The van der Waals surface area contributed by atoms with Crippen molar-refractivity contribution in [1.82, 2.24) is 14.9 Å². The number of nitrogens with zero attached hydrogens (tertiary/aromatic N) is 2. The Labute approximate surface area is 156 Å². The maximum Gasteiger partial charge on any atom is 0.254 e. The number of nitrogens with one attached hydrogen (secondary N) is 1. The van der Waals surface area contributed by atoms with E-state index in [-0.39, 0.29) is 12.4 Å². The normalized spacial score (nSPS) is 15.6. The van der Waals surface area contributed by atoms with E-state index in [0.29, 0.717) is 18.8 Å². The van der Waals surface area contributed by atoms with E-state index in [0.717, 1.165) is 47.0 Å². The zero-order valence-corrected chi connectivity index (χ0v) is 14.8. The largest absolute Gasteiger partial charge is 0.454 e. The van der Waals surface area contributed by atoms with Crippen LogP contribution in [0.4, 0.5) is 0 Å². The predicted molar refractivity (Wildman–Crippen MR) is 101 cm³/mol. The molecule has 2 aliphatic heterocycles. The summed E-state index contributed by atoms with van der Waals surface area (Å²) in [5.74, 6) is 2.25. The van der Waals surface area contributed by atoms with Crippen molar-refractivity contribution in [1.29, 1.82) is 0 Å². The molecule has 6 heteroatoms. The van der Waals surface area contributed by atoms with E-state index in [9.17, 15) is 4.79 Å². The van der Waals surface area contributed by atoms with Crippen molar-refractivity contribution in [2.24, 2.45) is 0 Å². The summed E-state index contributed by atoms with van der Waals surface area (Å²) >= 11 is 0. The molecular formula is C21H19N3O3. The SMILES string of the molecule is O=c1[nH]c(-c2ccccc2)nc2c1CCN(Cc1cccc3c1OCO3)C2. The lowest BCUT2D eigenvalue weighted by Crippen LogP contribution is -2.35. The number of H-pyrrole nitrogens is 1. The van der Waals surface area contributed by atoms with Crippen LogP contribution in [0.15, 0.2) is 53.3 Å². The molecule has 0 fully saturated rings. The van der Waals surface area contributed by atoms with Gasteiger partial charge in [0.2, 0.25) is 6.79 Å². The van der Waals surface area contributed by atoms with Crippen molar-refractivity contribution in [3.63, 3.8) is 0 Å². The van der Waals surface area contributed by atoms with Crippen LogP contribution < -0.4 is 15.0 Å². The Morgan fingerprint density at radius 3 is 2.85 bits per heavy atom. The number of benzene rings is 2. The van der Waals surface area contributed by atoms with Crippen LogP contribution in [0.25, 0.3) is 11.4 Å². The van der Waals surface area contributed by atoms with Gasteiger partial charge in [-0.15, -0.1) is 0 Å². The Bertz CT molecular complexity index is 1050. The second-order valence-electron chi connectivity index (χ2n) is 6.82. The summed E-state index contributed by atoms with van der Waals surface area (Å²) in [6.45, 7) is 2.46. The molecule has 0 bridgehead atoms. The number of hydrogen-bond acceptors (Lipinski definition) is 5. The molecule has 5 rings (SSSR count). The van der Waals surface area contributed by atoms with Crippen molar-refractivity contribution in [3.8, 4) is 22.9 Å². The lowest BCUT2D eigenvalue weighted by atomic mass is 10.0. The number of aromatic amines is 1. The summed E-state index contributed by atoms with van der Waals surface area (Å²) in [6.07, 6.45) is 0.694. The highest BCUT2D eigenvalue weighted by Gasteiger charge is 2.24. The molecule has 2 aromatic carbocycles. The predicted octanol–water partition coefficient (Wildman–Crippen LogP) is 2.72. The molecule has 0 unspecified atom stereocenters. The van der Waals surface area contributed by atoms with E-state index in [2.05, 4.69) is 16.0 Å². The zero-order chi connectivity index (χ0) is 18.2. The summed E-state index contributed by atoms with van der Waals surface area (Å²) in [4.78, 5) is 22.5. The van der Waals surface area contributed by atoms with Gasteiger partial charge in [0.1, 0.15) is 5.82 Å². The molecule has 0 aliphatic carbocycles. The summed E-state index contributed by atoms with van der Waals surface area (Å²) < 4.78 is 11.1. The fourth-order valence-corrected chi connectivity index (χ4v) is 3.72. The van der Waals surface area contributed by atoms with E-state index in [1.54, 1.807) is 0 Å². The fourth-order valence-electron chi connectivity index (χ4n) is 3.72. The van der Waals surface area contributed by atoms with Gasteiger partial charge >= 0.3 is 0 Å². The van der Waals surface area contributed by atoms with E-state index in [1.807, 2.05) is 42.5 Å². The van der Waals surface area contributed by atoms with Crippen LogP contribution in [0, 0.1) is 0 Å². The minimum atomic E-state index is -0.0316. The average molecular weight is 361 g/mol. The molecule has 3 aromatic rings. The molecule has 3 heterocycles. The molecule has 27 heavy (non-hydrogen) atoms. The zero-order valence-electron chi connectivity index (χ0n) is 14.8. The molecule has 1 aromatic heterocycles. The molecule has 2 aliphatic rings. The smallest absolute Gasteiger partial charge is 0.254 e. The summed E-state index contributed by atoms with van der Waals surface area (Å²) in [5.41, 5.74) is 3.63. The van der Waals surface area contributed by atoms with E-state index < -0.39 is 0 Å². The molecule has 0 atom stereocenters. The lowest BCUT2D eigenvalue weighted by molar-refractivity contribution is 0.171. The maximum absolute atomic E-state index is 12.5. The van der Waals surface area contributed by atoms with Gasteiger partial charge in [-0.05, 0) is 12.5 Å². The second kappa shape index (κ2) is 6.55. The van der Waals surface area contributed by atoms with Gasteiger partial charge in [-0.25, -0.2) is 4.98 Å². The Morgan fingerprint density at radius 2 is 1.96 bits per heavy atom. The Hall–Kier alpha value is -3.12. The quantitative estimate of drug-likeness (QED) is 0.777. The molecule has 136 valence electrons. The summed E-state index contributed by atoms with van der Waals surface area (Å²) in [6, 6.07) is 15.7. The number of hydrogen-bond donors (Lipinski definition) is 1. The summed E-state index contributed by atoms with van der Waals surface area (Å²) in [7, 11) is 0. The lowest BCUT2D eigenvalue weighted by Gasteiger charge is -2.28. The molecule has 0 radical (unpaired) electrons. The molecule has 0 saturated heterocycles. The molecule has 0 saturated carbocycles. The second-order valence-corrected chi connectivity index (χ2v) is 6.82. The third-order valence-electron chi connectivity index (χ3n) is 5.07. The number of para-hydroxylation sites is 1. The van der Waals surface area contributed by atoms with E-state index in [1.165, 1.54) is 0 Å². The number of aromatic nitrogens is 2. The van der Waals surface area contributed by atoms with Gasteiger partial charge in [0.15, 0.2) is 11.5 Å². The van der Waals surface area contributed by atoms with Crippen molar-refractivity contribution < 1.29 is 9.47 Å². The summed E-state index contributed by atoms with van der Waals surface area (Å²) in [5, 5.41) is 0. The standard InChI is InChI=1S/C21H19N3O3/c25-21-16-9-10-24(11-15-7-4-8-18-19(15)27-13-26-18)12-17(16)22-20(23-21)14-5-2-1-3-6-14/h1-8H,9-13H2,(H,22,23,25). The number of rotatable bonds is 3. The first-order valence-electron chi connectivity index (χ1n) is 9.05. The Kier molecular flexibility index (Phi) is 3.90. The molecule has 6 nitrogen and oxygen atoms in total. The molecule has 0 amide bonds. The maximum atomic E-state index is 12.5. The third-order valence-corrected chi connectivity index (χ3v) is 5.07. The highest BCUT2D eigenvalue weighted by atomic mass is 16.7. The molecule has 1 N–H and O–H groups in total. The van der Waals surface area contributed by atoms with E-state index >= 15 is 0 Å². The van der Waals surface area contributed by atoms with Crippen LogP contribution in [-0.4, -0.2) is 28.2 Å². The van der Waals surface area contributed by atoms with Crippen LogP contribution in [0.3, 0.4) is 0 Å². The Morgan fingerprint density at radius 1 is 1.07 bits per heavy atom. The molecular weight excluding hydrogens is 342 g/mol. The van der Waals surface area contributed by atoms with Gasteiger partial charge in [0.25, 0.3) is 5.56 Å². The minimum Gasteiger partial charge on any atom is -0.454 e. The average Bonchev–Trinajstić information content (AvgIpc) is 3.18. The third kappa shape index (κ3) is 2.98. The highest BCUT2D eigenvalue weighted by Crippen LogP contribution is 2.36. The van der Waals surface area contributed by atoms with Crippen molar-refractivity contribution in [2.45, 2.75) is 19.5 Å². The number of ether oxygens (including phenoxy) is 2. The first-order chi connectivity index (χ1) is 13.3. The molecule has 0 spiro atoms. The first kappa shape index (κ1) is 16.1. The van der Waals surface area contributed by atoms with Crippen LogP contribution in [0.5, 0.6) is 11.5 Å². The van der Waals surface area contributed by atoms with Crippen molar-refractivity contribution in [3.05, 3.63) is 75.7 Å². The highest BCUT2D eigenvalue weighted by molar-refractivity contribution is 5.55. The van der Waals surface area contributed by atoms with Crippen molar-refractivity contribution in [2.75, 3.05) is 13.3 Å². The van der Waals surface area contributed by atoms with Gasteiger partial charge in [-0.1, -0.05) is 42.5 Å². The number of fused-ring (bicyclic) bond motifs is 2. The Balaban J connectivity index is 1.43. The first-order valence-corrected chi connectivity index (χ1v) is 9.05. The van der Waals surface area contributed by atoms with Gasteiger partial charge in [-0.2, -0.15) is 0 Å². The van der Waals surface area contributed by atoms with Gasteiger partial charge in [-0.3, -0.25) is 9.69 Å². The van der Waals surface area contributed by atoms with Gasteiger partial charge in [0.05, 0.1) is 5.69 Å².